The van der Waals surface area contributed by atoms with Gasteiger partial charge in [0, 0.05) is 18.5 Å². The molecule has 0 aliphatic heterocycles. The Bertz CT molecular complexity index is 284. The number of hydrogen-bond donors (Lipinski definition) is 0. The first-order valence-electron chi connectivity index (χ1n) is 5.57. The number of hydrogen-bond acceptors (Lipinski definition) is 3. The molecule has 0 radical (unpaired) electrons. The molecule has 0 amide bonds. The van der Waals surface area contributed by atoms with Crippen LogP contribution < -0.4 is 4.90 Å². The van der Waals surface area contributed by atoms with Gasteiger partial charge in [-0.3, -0.25) is 0 Å². The van der Waals surface area contributed by atoms with Crippen LogP contribution in [-0.4, -0.2) is 18.1 Å². The van der Waals surface area contributed by atoms with Crippen LogP contribution in [0, 0.1) is 5.92 Å². The van der Waals surface area contributed by atoms with Gasteiger partial charge in [0.2, 0.25) is 0 Å². The minimum Gasteiger partial charge on any atom is -0.348 e. The van der Waals surface area contributed by atoms with Gasteiger partial charge in [-0.1, -0.05) is 38.3 Å². The maximum atomic E-state index is 5.84. The first-order chi connectivity index (χ1) is 7.21. The van der Waals surface area contributed by atoms with Crippen LogP contribution in [0.3, 0.4) is 0 Å². The molecule has 0 N–H and O–H groups in total. The van der Waals surface area contributed by atoms with Crippen LogP contribution in [0.4, 0.5) is 5.13 Å². The third-order valence-electron chi connectivity index (χ3n) is 2.75. The van der Waals surface area contributed by atoms with Gasteiger partial charge in [-0.05, 0) is 12.8 Å². The van der Waals surface area contributed by atoms with Crippen molar-refractivity contribution in [3.8, 4) is 0 Å². The van der Waals surface area contributed by atoms with Crippen molar-refractivity contribution in [3.63, 3.8) is 0 Å². The van der Waals surface area contributed by atoms with Crippen LogP contribution in [0.5, 0.6) is 0 Å². The summed E-state index contributed by atoms with van der Waals surface area (Å²) < 4.78 is 0. The fourth-order valence-corrected chi connectivity index (χ4v) is 2.61. The van der Waals surface area contributed by atoms with E-state index in [2.05, 4.69) is 30.7 Å². The molecule has 0 saturated carbocycles. The predicted octanol–water partition coefficient (Wildman–Crippen LogP) is 4.06. The van der Waals surface area contributed by atoms with E-state index in [1.807, 2.05) is 5.38 Å². The predicted molar refractivity (Wildman–Crippen MR) is 69.1 cm³/mol. The second-order valence-corrected chi connectivity index (χ2v) is 4.90. The van der Waals surface area contributed by atoms with Crippen LogP contribution in [0.15, 0.2) is 5.38 Å². The van der Waals surface area contributed by atoms with Crippen molar-refractivity contribution in [2.45, 2.75) is 33.6 Å². The second-order valence-electron chi connectivity index (χ2n) is 3.67. The summed E-state index contributed by atoms with van der Waals surface area (Å²) in [6, 6.07) is 0. The molecule has 0 atom stereocenters. The zero-order valence-electron chi connectivity index (χ0n) is 9.66. The molecule has 86 valence electrons. The van der Waals surface area contributed by atoms with Crippen LogP contribution >= 0.6 is 22.9 Å². The Balaban J connectivity index is 2.63. The van der Waals surface area contributed by atoms with E-state index in [-0.39, 0.29) is 0 Å². The average molecular weight is 247 g/mol. The lowest BCUT2D eigenvalue weighted by Gasteiger charge is -2.24. The van der Waals surface area contributed by atoms with Gasteiger partial charge >= 0.3 is 0 Å². The molecule has 1 rings (SSSR count). The summed E-state index contributed by atoms with van der Waals surface area (Å²) in [5.41, 5.74) is 0. The molecule has 2 nitrogen and oxygen atoms in total. The molecule has 0 spiro atoms. The Kier molecular flexibility index (Phi) is 5.40. The number of aromatic nitrogens is 1. The first-order valence-corrected chi connectivity index (χ1v) is 6.82. The third kappa shape index (κ3) is 3.65. The number of thiazole rings is 1. The third-order valence-corrected chi connectivity index (χ3v) is 3.97. The van der Waals surface area contributed by atoms with E-state index in [0.717, 1.165) is 24.1 Å². The molecular weight excluding hydrogens is 228 g/mol. The van der Waals surface area contributed by atoms with Gasteiger partial charge in [-0.15, -0.1) is 11.3 Å². The lowest BCUT2D eigenvalue weighted by molar-refractivity contribution is 0.486. The summed E-state index contributed by atoms with van der Waals surface area (Å²) in [5, 5.41) is 3.55. The summed E-state index contributed by atoms with van der Waals surface area (Å²) in [6.45, 7) is 8.75. The molecule has 1 aromatic rings. The lowest BCUT2D eigenvalue weighted by atomic mass is 10.0. The van der Waals surface area contributed by atoms with Gasteiger partial charge in [-0.2, -0.15) is 0 Å². The first kappa shape index (κ1) is 12.8. The van der Waals surface area contributed by atoms with Crippen LogP contribution in [-0.2, 0) is 0 Å². The normalized spacial score (nSPS) is 11.0. The Labute approximate surface area is 101 Å². The van der Waals surface area contributed by atoms with Crippen molar-refractivity contribution in [1.82, 2.24) is 4.98 Å². The summed E-state index contributed by atoms with van der Waals surface area (Å²) in [7, 11) is 0. The maximum Gasteiger partial charge on any atom is 0.186 e. The van der Waals surface area contributed by atoms with E-state index in [1.165, 1.54) is 12.8 Å². The summed E-state index contributed by atoms with van der Waals surface area (Å²) in [6.07, 6.45) is 2.46. The summed E-state index contributed by atoms with van der Waals surface area (Å²) >= 11 is 7.47. The van der Waals surface area contributed by atoms with E-state index in [4.69, 9.17) is 11.6 Å². The monoisotopic (exact) mass is 246 g/mol. The Morgan fingerprint density at radius 3 is 2.47 bits per heavy atom. The summed E-state index contributed by atoms with van der Waals surface area (Å²) in [4.78, 5) is 6.63. The molecule has 0 unspecified atom stereocenters. The summed E-state index contributed by atoms with van der Waals surface area (Å²) in [5.74, 6) is 0.757. The molecule has 0 saturated heterocycles. The van der Waals surface area contributed by atoms with Gasteiger partial charge < -0.3 is 4.90 Å². The number of nitrogens with zero attached hydrogens (tertiary/aromatic N) is 2. The molecule has 0 bridgehead atoms. The zero-order chi connectivity index (χ0) is 11.3. The van der Waals surface area contributed by atoms with E-state index >= 15 is 0 Å². The van der Waals surface area contributed by atoms with E-state index in [9.17, 15) is 0 Å². The SMILES string of the molecule is CCC(CC)CN(CC)c1nc(Cl)cs1. The minimum atomic E-state index is 0.609. The van der Waals surface area contributed by atoms with E-state index < -0.39 is 0 Å². The van der Waals surface area contributed by atoms with E-state index in [0.29, 0.717) is 5.15 Å². The molecule has 0 fully saturated rings. The fourth-order valence-electron chi connectivity index (χ4n) is 1.59. The van der Waals surface area contributed by atoms with Crippen molar-refractivity contribution in [2.75, 3.05) is 18.0 Å². The molecule has 0 aliphatic rings. The van der Waals surface area contributed by atoms with Crippen molar-refractivity contribution in [1.29, 1.82) is 0 Å². The highest BCUT2D eigenvalue weighted by atomic mass is 35.5. The molecule has 1 aromatic heterocycles. The highest BCUT2D eigenvalue weighted by Crippen LogP contribution is 2.24. The fraction of sp³-hybridized carbons (Fsp3) is 0.727. The molecule has 0 aliphatic carbocycles. The van der Waals surface area contributed by atoms with Crippen molar-refractivity contribution >= 4 is 28.1 Å². The lowest BCUT2D eigenvalue weighted by Crippen LogP contribution is -2.28. The minimum absolute atomic E-state index is 0.609. The van der Waals surface area contributed by atoms with Crippen LogP contribution in [0.1, 0.15) is 33.6 Å². The molecular formula is C11H19ClN2S. The number of rotatable bonds is 6. The van der Waals surface area contributed by atoms with Crippen molar-refractivity contribution in [2.24, 2.45) is 5.92 Å². The maximum absolute atomic E-state index is 5.84. The van der Waals surface area contributed by atoms with Gasteiger partial charge in [0.1, 0.15) is 5.15 Å². The topological polar surface area (TPSA) is 16.1 Å². The molecule has 1 heterocycles. The van der Waals surface area contributed by atoms with Crippen molar-refractivity contribution < 1.29 is 0 Å². The van der Waals surface area contributed by atoms with Crippen molar-refractivity contribution in [3.05, 3.63) is 10.5 Å². The smallest absolute Gasteiger partial charge is 0.186 e. The highest BCUT2D eigenvalue weighted by Gasteiger charge is 2.13. The highest BCUT2D eigenvalue weighted by molar-refractivity contribution is 7.14. The average Bonchev–Trinajstić information content (AvgIpc) is 2.67. The Morgan fingerprint density at radius 1 is 1.40 bits per heavy atom. The molecule has 0 aromatic carbocycles. The second kappa shape index (κ2) is 6.33. The Hall–Kier alpha value is -0.280. The van der Waals surface area contributed by atoms with Gasteiger partial charge in [-0.25, -0.2) is 4.98 Å². The number of anilines is 1. The van der Waals surface area contributed by atoms with Gasteiger partial charge in [0.25, 0.3) is 0 Å². The zero-order valence-corrected chi connectivity index (χ0v) is 11.2. The van der Waals surface area contributed by atoms with Crippen LogP contribution in [0.2, 0.25) is 5.15 Å². The molecule has 4 heteroatoms. The Morgan fingerprint density at radius 2 is 2.07 bits per heavy atom. The number of halogens is 1. The van der Waals surface area contributed by atoms with Crippen LogP contribution in [0.25, 0.3) is 0 Å². The van der Waals surface area contributed by atoms with Gasteiger partial charge in [0.15, 0.2) is 5.13 Å². The van der Waals surface area contributed by atoms with Gasteiger partial charge in [0.05, 0.1) is 0 Å². The molecule has 15 heavy (non-hydrogen) atoms. The quantitative estimate of drug-likeness (QED) is 0.753. The largest absolute Gasteiger partial charge is 0.348 e. The standard InChI is InChI=1S/C11H19ClN2S/c1-4-9(5-2)7-14(6-3)11-13-10(12)8-15-11/h8-9H,4-7H2,1-3H3. The van der Waals surface area contributed by atoms with E-state index in [1.54, 1.807) is 11.3 Å².